The minimum atomic E-state index is -0.724. The normalized spacial score (nSPS) is 29.0. The molecule has 3 nitrogen and oxygen atoms in total. The van der Waals surface area contributed by atoms with Gasteiger partial charge >= 0.3 is 0 Å². The lowest BCUT2D eigenvalue weighted by atomic mass is 10.1. The minimum absolute atomic E-state index is 0.248. The van der Waals surface area contributed by atoms with Crippen LogP contribution in [0, 0.1) is 5.92 Å². The van der Waals surface area contributed by atoms with Gasteiger partial charge in [-0.3, -0.25) is 4.21 Å². The van der Waals surface area contributed by atoms with Gasteiger partial charge in [-0.05, 0) is 25.8 Å². The zero-order chi connectivity index (χ0) is 9.84. The summed E-state index contributed by atoms with van der Waals surface area (Å²) in [5.41, 5.74) is 0. The molecule has 0 aromatic rings. The Bertz CT molecular complexity index is 186. The molecule has 3 unspecified atom stereocenters. The molecule has 1 aliphatic rings. The van der Waals surface area contributed by atoms with E-state index in [0.29, 0.717) is 12.5 Å². The van der Waals surface area contributed by atoms with Crippen LogP contribution in [0.3, 0.4) is 0 Å². The molecule has 1 fully saturated rings. The molecule has 13 heavy (non-hydrogen) atoms. The lowest BCUT2D eigenvalue weighted by Gasteiger charge is -2.18. The molecule has 0 aromatic heterocycles. The molecule has 0 aromatic carbocycles. The van der Waals surface area contributed by atoms with E-state index in [9.17, 15) is 4.21 Å². The Labute approximate surface area is 82.6 Å². The fourth-order valence-corrected chi connectivity index (χ4v) is 2.12. The molecule has 0 aliphatic carbocycles. The van der Waals surface area contributed by atoms with Crippen molar-refractivity contribution in [2.45, 2.75) is 18.6 Å². The summed E-state index contributed by atoms with van der Waals surface area (Å²) in [6, 6.07) is 0. The van der Waals surface area contributed by atoms with Gasteiger partial charge in [0, 0.05) is 42.0 Å². The van der Waals surface area contributed by atoms with E-state index >= 15 is 0 Å². The topological polar surface area (TPSA) is 40.5 Å². The SMILES string of the molecule is CC(CN1CCC(CO)C1)S(C)=O. The van der Waals surface area contributed by atoms with Crippen LogP contribution in [0.4, 0.5) is 0 Å². The van der Waals surface area contributed by atoms with E-state index in [1.165, 1.54) is 0 Å². The molecular weight excluding hydrogens is 186 g/mol. The van der Waals surface area contributed by atoms with Gasteiger partial charge in [0.25, 0.3) is 0 Å². The third kappa shape index (κ3) is 3.37. The Morgan fingerprint density at radius 3 is 2.85 bits per heavy atom. The van der Waals surface area contributed by atoms with Crippen LogP contribution in [0.2, 0.25) is 0 Å². The summed E-state index contributed by atoms with van der Waals surface area (Å²) in [7, 11) is -0.724. The Morgan fingerprint density at radius 1 is 1.69 bits per heavy atom. The first-order chi connectivity index (χ1) is 6.13. The van der Waals surface area contributed by atoms with Gasteiger partial charge in [0.15, 0.2) is 0 Å². The third-order valence-corrected chi connectivity index (χ3v) is 3.99. The molecule has 1 aliphatic heterocycles. The summed E-state index contributed by atoms with van der Waals surface area (Å²) in [5, 5.41) is 9.19. The second-order valence-electron chi connectivity index (χ2n) is 3.91. The van der Waals surface area contributed by atoms with Crippen LogP contribution in [0.15, 0.2) is 0 Å². The van der Waals surface area contributed by atoms with E-state index in [1.54, 1.807) is 6.26 Å². The molecule has 0 spiro atoms. The first kappa shape index (κ1) is 11.1. The largest absolute Gasteiger partial charge is 0.396 e. The lowest BCUT2D eigenvalue weighted by molar-refractivity contribution is 0.222. The smallest absolute Gasteiger partial charge is 0.0471 e. The van der Waals surface area contributed by atoms with Gasteiger partial charge in [-0.1, -0.05) is 0 Å². The van der Waals surface area contributed by atoms with Gasteiger partial charge in [0.2, 0.25) is 0 Å². The number of hydrogen-bond acceptors (Lipinski definition) is 3. The Hall–Kier alpha value is 0.0700. The fourth-order valence-electron chi connectivity index (χ4n) is 1.70. The molecule has 1 heterocycles. The summed E-state index contributed by atoms with van der Waals surface area (Å²) in [6.45, 7) is 5.23. The second kappa shape index (κ2) is 5.08. The summed E-state index contributed by atoms with van der Waals surface area (Å²) in [4.78, 5) is 2.30. The standard InChI is InChI=1S/C9H19NO2S/c1-8(13(2)12)5-10-4-3-9(6-10)7-11/h8-9,11H,3-7H2,1-2H3. The van der Waals surface area contributed by atoms with Crippen molar-refractivity contribution in [3.63, 3.8) is 0 Å². The van der Waals surface area contributed by atoms with Crippen molar-refractivity contribution >= 4 is 10.8 Å². The third-order valence-electron chi connectivity index (χ3n) is 2.71. The maximum Gasteiger partial charge on any atom is 0.0471 e. The van der Waals surface area contributed by atoms with Gasteiger partial charge in [-0.15, -0.1) is 0 Å². The molecule has 0 radical (unpaired) electrons. The summed E-state index contributed by atoms with van der Waals surface area (Å²) < 4.78 is 11.1. The van der Waals surface area contributed by atoms with E-state index in [-0.39, 0.29) is 5.25 Å². The van der Waals surface area contributed by atoms with Crippen LogP contribution in [-0.4, -0.2) is 52.0 Å². The van der Waals surface area contributed by atoms with Gasteiger partial charge in [0.05, 0.1) is 0 Å². The van der Waals surface area contributed by atoms with Crippen LogP contribution < -0.4 is 0 Å². The minimum Gasteiger partial charge on any atom is -0.396 e. The van der Waals surface area contributed by atoms with Crippen molar-refractivity contribution in [1.82, 2.24) is 4.90 Å². The number of aliphatic hydroxyl groups is 1. The van der Waals surface area contributed by atoms with Crippen molar-refractivity contribution in [3.8, 4) is 0 Å². The Kier molecular flexibility index (Phi) is 4.35. The van der Waals surface area contributed by atoms with Gasteiger partial charge in [-0.25, -0.2) is 0 Å². The zero-order valence-electron chi connectivity index (χ0n) is 8.40. The van der Waals surface area contributed by atoms with Gasteiger partial charge in [-0.2, -0.15) is 0 Å². The number of rotatable bonds is 4. The summed E-state index contributed by atoms with van der Waals surface area (Å²) in [5.74, 6) is 0.442. The van der Waals surface area contributed by atoms with Crippen molar-refractivity contribution in [3.05, 3.63) is 0 Å². The predicted molar refractivity (Wildman–Crippen MR) is 55.2 cm³/mol. The monoisotopic (exact) mass is 205 g/mol. The fraction of sp³-hybridized carbons (Fsp3) is 1.00. The molecule has 3 atom stereocenters. The van der Waals surface area contributed by atoms with Crippen LogP contribution in [0.5, 0.6) is 0 Å². The quantitative estimate of drug-likeness (QED) is 0.706. The summed E-state index contributed by atoms with van der Waals surface area (Å²) in [6.07, 6.45) is 2.84. The number of likely N-dealkylation sites (tertiary alicyclic amines) is 1. The Morgan fingerprint density at radius 2 is 2.38 bits per heavy atom. The average Bonchev–Trinajstić information content (AvgIpc) is 2.52. The molecule has 0 amide bonds. The first-order valence-corrected chi connectivity index (χ1v) is 6.41. The molecule has 0 saturated carbocycles. The number of aliphatic hydroxyl groups excluding tert-OH is 1. The van der Waals surface area contributed by atoms with Crippen LogP contribution in [0.1, 0.15) is 13.3 Å². The maximum absolute atomic E-state index is 11.1. The number of hydrogen-bond donors (Lipinski definition) is 1. The number of nitrogens with zero attached hydrogens (tertiary/aromatic N) is 1. The van der Waals surface area contributed by atoms with E-state index in [0.717, 1.165) is 26.1 Å². The van der Waals surface area contributed by atoms with Crippen LogP contribution in [0.25, 0.3) is 0 Å². The van der Waals surface area contributed by atoms with Crippen LogP contribution in [-0.2, 0) is 10.8 Å². The summed E-state index contributed by atoms with van der Waals surface area (Å²) >= 11 is 0. The van der Waals surface area contributed by atoms with Crippen molar-refractivity contribution < 1.29 is 9.32 Å². The van der Waals surface area contributed by atoms with Gasteiger partial charge < -0.3 is 10.0 Å². The molecule has 1 saturated heterocycles. The molecule has 1 N–H and O–H groups in total. The molecule has 1 rings (SSSR count). The van der Waals surface area contributed by atoms with E-state index in [1.807, 2.05) is 6.92 Å². The van der Waals surface area contributed by atoms with E-state index in [4.69, 9.17) is 5.11 Å². The zero-order valence-corrected chi connectivity index (χ0v) is 9.22. The molecule has 4 heteroatoms. The lowest BCUT2D eigenvalue weighted by Crippen LogP contribution is -2.31. The first-order valence-electron chi connectivity index (χ1n) is 4.79. The highest BCUT2D eigenvalue weighted by Gasteiger charge is 2.23. The van der Waals surface area contributed by atoms with Gasteiger partial charge in [0.1, 0.15) is 0 Å². The molecule has 0 bridgehead atoms. The van der Waals surface area contributed by atoms with Crippen molar-refractivity contribution in [1.29, 1.82) is 0 Å². The van der Waals surface area contributed by atoms with Crippen molar-refractivity contribution in [2.75, 3.05) is 32.5 Å². The highest BCUT2D eigenvalue weighted by atomic mass is 32.2. The average molecular weight is 205 g/mol. The van der Waals surface area contributed by atoms with E-state index < -0.39 is 10.8 Å². The maximum atomic E-state index is 11.1. The Balaban J connectivity index is 2.27. The second-order valence-corrected chi connectivity index (χ2v) is 5.71. The van der Waals surface area contributed by atoms with Crippen LogP contribution >= 0.6 is 0 Å². The predicted octanol–water partition coefficient (Wildman–Crippen LogP) is 0.0676. The molecular formula is C9H19NO2S. The highest BCUT2D eigenvalue weighted by molar-refractivity contribution is 7.84. The highest BCUT2D eigenvalue weighted by Crippen LogP contribution is 2.15. The van der Waals surface area contributed by atoms with E-state index in [2.05, 4.69) is 4.90 Å². The van der Waals surface area contributed by atoms with Crippen molar-refractivity contribution in [2.24, 2.45) is 5.92 Å². The molecule has 78 valence electrons.